The molecular formula is C11H20O6. The van der Waals surface area contributed by atoms with Crippen molar-refractivity contribution in [1.82, 2.24) is 0 Å². The van der Waals surface area contributed by atoms with E-state index in [1.54, 1.807) is 0 Å². The summed E-state index contributed by atoms with van der Waals surface area (Å²) in [6, 6.07) is 0. The molecule has 0 saturated heterocycles. The average Bonchev–Trinajstić information content (AvgIpc) is 2.38. The largest absolute Gasteiger partial charge is 0.481 e. The van der Waals surface area contributed by atoms with E-state index < -0.39 is 5.97 Å². The highest BCUT2D eigenvalue weighted by atomic mass is 16.5. The molecule has 17 heavy (non-hydrogen) atoms. The quantitative estimate of drug-likeness (QED) is 0.608. The van der Waals surface area contributed by atoms with E-state index in [1.165, 1.54) is 7.11 Å². The summed E-state index contributed by atoms with van der Waals surface area (Å²) >= 11 is 0. The van der Waals surface area contributed by atoms with Gasteiger partial charge in [-0.3, -0.25) is 9.59 Å². The average molecular weight is 248 g/mol. The van der Waals surface area contributed by atoms with E-state index in [0.29, 0.717) is 25.7 Å². The van der Waals surface area contributed by atoms with Crippen molar-refractivity contribution in [2.75, 3.05) is 20.3 Å². The summed E-state index contributed by atoms with van der Waals surface area (Å²) in [5.74, 6) is -1.30. The van der Waals surface area contributed by atoms with Crippen LogP contribution in [0.5, 0.6) is 0 Å². The van der Waals surface area contributed by atoms with Gasteiger partial charge < -0.3 is 20.1 Å². The fourth-order valence-electron chi connectivity index (χ4n) is 1.74. The first-order chi connectivity index (χ1) is 8.06. The summed E-state index contributed by atoms with van der Waals surface area (Å²) in [6.07, 6.45) is 2.47. The van der Waals surface area contributed by atoms with Gasteiger partial charge in [-0.15, -0.1) is 0 Å². The molecule has 1 aliphatic carbocycles. The minimum Gasteiger partial charge on any atom is -0.481 e. The first-order valence-electron chi connectivity index (χ1n) is 5.59. The summed E-state index contributed by atoms with van der Waals surface area (Å²) in [4.78, 5) is 21.7. The lowest BCUT2D eigenvalue weighted by atomic mass is 9.82. The number of aliphatic hydroxyl groups is 2. The second kappa shape index (κ2) is 8.95. The van der Waals surface area contributed by atoms with Crippen LogP contribution in [0.1, 0.15) is 25.7 Å². The normalized spacial score (nSPS) is 23.2. The van der Waals surface area contributed by atoms with E-state index >= 15 is 0 Å². The molecule has 0 aromatic rings. The summed E-state index contributed by atoms with van der Waals surface area (Å²) in [5.41, 5.74) is 0. The number of methoxy groups -OCH3 is 1. The number of rotatable bonds is 3. The molecule has 0 unspecified atom stereocenters. The minimum atomic E-state index is -0.747. The zero-order valence-electron chi connectivity index (χ0n) is 9.96. The molecule has 1 saturated carbocycles. The van der Waals surface area contributed by atoms with Crippen molar-refractivity contribution in [2.24, 2.45) is 11.8 Å². The van der Waals surface area contributed by atoms with E-state index in [2.05, 4.69) is 4.74 Å². The second-order valence-corrected chi connectivity index (χ2v) is 3.86. The predicted octanol–water partition coefficient (Wildman–Crippen LogP) is 0.0214. The van der Waals surface area contributed by atoms with Gasteiger partial charge in [0.2, 0.25) is 0 Å². The third kappa shape index (κ3) is 6.23. The van der Waals surface area contributed by atoms with Gasteiger partial charge in [0, 0.05) is 0 Å². The monoisotopic (exact) mass is 248 g/mol. The van der Waals surface area contributed by atoms with Gasteiger partial charge in [0.1, 0.15) is 0 Å². The number of esters is 1. The van der Waals surface area contributed by atoms with Gasteiger partial charge in [-0.2, -0.15) is 0 Å². The van der Waals surface area contributed by atoms with Crippen molar-refractivity contribution >= 4 is 11.9 Å². The van der Waals surface area contributed by atoms with Gasteiger partial charge in [-0.1, -0.05) is 0 Å². The van der Waals surface area contributed by atoms with Crippen LogP contribution < -0.4 is 0 Å². The summed E-state index contributed by atoms with van der Waals surface area (Å²) in [6.45, 7) is -0.250. The van der Waals surface area contributed by atoms with Gasteiger partial charge in [-0.05, 0) is 25.7 Å². The van der Waals surface area contributed by atoms with Crippen molar-refractivity contribution < 1.29 is 29.6 Å². The maximum atomic E-state index is 11.1. The summed E-state index contributed by atoms with van der Waals surface area (Å²) < 4.78 is 4.60. The van der Waals surface area contributed by atoms with E-state index in [0.717, 1.165) is 0 Å². The van der Waals surface area contributed by atoms with Crippen LogP contribution in [0.4, 0.5) is 0 Å². The minimum absolute atomic E-state index is 0.0828. The van der Waals surface area contributed by atoms with Crippen LogP contribution in [0.2, 0.25) is 0 Å². The molecule has 6 nitrogen and oxygen atoms in total. The van der Waals surface area contributed by atoms with E-state index in [9.17, 15) is 9.59 Å². The highest BCUT2D eigenvalue weighted by Crippen LogP contribution is 2.29. The van der Waals surface area contributed by atoms with E-state index in [-0.39, 0.29) is 31.0 Å². The van der Waals surface area contributed by atoms with E-state index in [4.69, 9.17) is 15.3 Å². The van der Waals surface area contributed by atoms with Gasteiger partial charge in [-0.25, -0.2) is 0 Å². The number of ether oxygens (including phenoxy) is 1. The van der Waals surface area contributed by atoms with Crippen molar-refractivity contribution in [3.05, 3.63) is 0 Å². The molecule has 0 radical (unpaired) electrons. The number of aliphatic carboxylic acids is 1. The third-order valence-corrected chi connectivity index (χ3v) is 2.71. The van der Waals surface area contributed by atoms with Crippen molar-refractivity contribution in [3.8, 4) is 0 Å². The molecule has 0 heterocycles. The summed E-state index contributed by atoms with van der Waals surface area (Å²) in [5, 5.41) is 24.0. The number of carboxylic acids is 1. The smallest absolute Gasteiger partial charge is 0.308 e. The van der Waals surface area contributed by atoms with Crippen LogP contribution in [0.25, 0.3) is 0 Å². The summed E-state index contributed by atoms with van der Waals surface area (Å²) in [7, 11) is 1.37. The molecule has 0 atom stereocenters. The van der Waals surface area contributed by atoms with Crippen LogP contribution in [0.3, 0.4) is 0 Å². The predicted molar refractivity (Wildman–Crippen MR) is 59.3 cm³/mol. The van der Waals surface area contributed by atoms with Crippen LogP contribution in [0, 0.1) is 11.8 Å². The topological polar surface area (TPSA) is 104 Å². The molecule has 0 aliphatic heterocycles. The fraction of sp³-hybridized carbons (Fsp3) is 0.818. The molecule has 0 aromatic heterocycles. The molecule has 1 fully saturated rings. The Morgan fingerprint density at radius 2 is 1.47 bits per heavy atom. The maximum absolute atomic E-state index is 11.1. The van der Waals surface area contributed by atoms with Gasteiger partial charge in [0.05, 0.1) is 32.2 Å². The zero-order chi connectivity index (χ0) is 13.3. The van der Waals surface area contributed by atoms with Crippen LogP contribution in [-0.4, -0.2) is 47.6 Å². The molecule has 0 spiro atoms. The van der Waals surface area contributed by atoms with Gasteiger partial charge in [0.25, 0.3) is 0 Å². The Kier molecular flexibility index (Phi) is 8.35. The van der Waals surface area contributed by atoms with Gasteiger partial charge >= 0.3 is 11.9 Å². The SMILES string of the molecule is COC(=O)C1CCC(C(=O)O)CC1.OCCO. The first-order valence-corrected chi connectivity index (χ1v) is 5.59. The Labute approximate surface area is 100 Å². The lowest BCUT2D eigenvalue weighted by Gasteiger charge is -2.23. The van der Waals surface area contributed by atoms with Crippen LogP contribution >= 0.6 is 0 Å². The highest BCUT2D eigenvalue weighted by Gasteiger charge is 2.29. The number of carbonyl (C=O) groups excluding carboxylic acids is 1. The molecule has 0 aromatic carbocycles. The maximum Gasteiger partial charge on any atom is 0.308 e. The van der Waals surface area contributed by atoms with Crippen LogP contribution in [-0.2, 0) is 14.3 Å². The Morgan fingerprint density at radius 3 is 1.76 bits per heavy atom. The van der Waals surface area contributed by atoms with Crippen molar-refractivity contribution in [3.63, 3.8) is 0 Å². The molecule has 6 heteroatoms. The van der Waals surface area contributed by atoms with Crippen molar-refractivity contribution in [2.45, 2.75) is 25.7 Å². The van der Waals surface area contributed by atoms with Crippen molar-refractivity contribution in [1.29, 1.82) is 0 Å². The number of carboxylic acid groups (broad SMARTS) is 1. The molecule has 0 bridgehead atoms. The number of hydrogen-bond acceptors (Lipinski definition) is 5. The van der Waals surface area contributed by atoms with Crippen LogP contribution in [0.15, 0.2) is 0 Å². The third-order valence-electron chi connectivity index (χ3n) is 2.71. The van der Waals surface area contributed by atoms with E-state index in [1.807, 2.05) is 0 Å². The molecule has 100 valence electrons. The second-order valence-electron chi connectivity index (χ2n) is 3.86. The number of aliphatic hydroxyl groups excluding tert-OH is 2. The molecule has 1 aliphatic rings. The van der Waals surface area contributed by atoms with Gasteiger partial charge in [0.15, 0.2) is 0 Å². The molecular weight excluding hydrogens is 228 g/mol. The first kappa shape index (κ1) is 15.9. The lowest BCUT2D eigenvalue weighted by Crippen LogP contribution is -2.26. The highest BCUT2D eigenvalue weighted by molar-refractivity contribution is 5.74. The fourth-order valence-corrected chi connectivity index (χ4v) is 1.74. The Balaban J connectivity index is 0.000000557. The zero-order valence-corrected chi connectivity index (χ0v) is 9.96. The Hall–Kier alpha value is -1.14. The Morgan fingerprint density at radius 1 is 1.06 bits per heavy atom. The lowest BCUT2D eigenvalue weighted by molar-refractivity contribution is -0.150. The number of carbonyl (C=O) groups is 2. The molecule has 0 amide bonds. The molecule has 3 N–H and O–H groups in total. The Bertz CT molecular complexity index is 230. The standard InChI is InChI=1S/C9H14O4.C2H6O2/c1-13-9(12)7-4-2-6(3-5-7)8(10)11;3-1-2-4/h6-7H,2-5H2,1H3,(H,10,11);3-4H,1-2H2. The molecule has 1 rings (SSSR count). The number of hydrogen-bond donors (Lipinski definition) is 3.